The van der Waals surface area contributed by atoms with Crippen molar-refractivity contribution in [3.8, 4) is 11.5 Å². The van der Waals surface area contributed by atoms with Gasteiger partial charge in [-0.05, 0) is 65.6 Å². The van der Waals surface area contributed by atoms with Gasteiger partial charge in [0.25, 0.3) is 11.8 Å². The van der Waals surface area contributed by atoms with Crippen LogP contribution in [0.2, 0.25) is 18.1 Å². The maximum atomic E-state index is 13.8. The van der Waals surface area contributed by atoms with Crippen LogP contribution in [0.1, 0.15) is 47.1 Å². The van der Waals surface area contributed by atoms with E-state index in [0.29, 0.717) is 22.6 Å². The number of methoxy groups -OCH3 is 1. The molecule has 1 aliphatic heterocycles. The van der Waals surface area contributed by atoms with E-state index in [1.807, 2.05) is 30.3 Å². The van der Waals surface area contributed by atoms with Gasteiger partial charge in [0.1, 0.15) is 11.5 Å². The van der Waals surface area contributed by atoms with E-state index in [9.17, 15) is 15.1 Å². The van der Waals surface area contributed by atoms with Crippen LogP contribution < -0.4 is 9.47 Å². The first-order valence-electron chi connectivity index (χ1n) is 14.5. The van der Waals surface area contributed by atoms with E-state index in [0.717, 1.165) is 5.56 Å². The highest BCUT2D eigenvalue weighted by Crippen LogP contribution is 2.38. The highest BCUT2D eigenvalue weighted by atomic mass is 28.4. The maximum Gasteiger partial charge on any atom is 0.261 e. The average Bonchev–Trinajstić information content (AvgIpc) is 3.26. The molecule has 4 rings (SSSR count). The zero-order valence-corrected chi connectivity index (χ0v) is 27.1. The summed E-state index contributed by atoms with van der Waals surface area (Å²) in [6.45, 7) is 10.6. The highest BCUT2D eigenvalue weighted by molar-refractivity contribution is 6.74. The first-order valence-corrected chi connectivity index (χ1v) is 17.4. The monoisotopic (exact) mass is 616 g/mol. The minimum atomic E-state index is -2.36. The van der Waals surface area contributed by atoms with Gasteiger partial charge in [-0.25, -0.2) is 0 Å². The summed E-state index contributed by atoms with van der Waals surface area (Å²) in [5, 5.41) is 3.95. The van der Waals surface area contributed by atoms with Gasteiger partial charge in [-0.1, -0.05) is 68.4 Å². The van der Waals surface area contributed by atoms with Crippen molar-refractivity contribution >= 4 is 20.1 Å². The average molecular weight is 617 g/mol. The van der Waals surface area contributed by atoms with Crippen LogP contribution in [0.5, 0.6) is 11.5 Å². The van der Waals surface area contributed by atoms with Crippen molar-refractivity contribution < 1.29 is 28.2 Å². The van der Waals surface area contributed by atoms with Crippen LogP contribution in [-0.4, -0.2) is 63.5 Å². The number of rotatable bonds is 14. The highest BCUT2D eigenvalue weighted by Gasteiger charge is 2.47. The number of hydrogen-bond donors (Lipinski definition) is 0. The number of amides is 2. The summed E-state index contributed by atoms with van der Waals surface area (Å²) in [4.78, 5) is 32.0. The molecule has 0 unspecified atom stereocenters. The van der Waals surface area contributed by atoms with Crippen LogP contribution in [-0.2, 0) is 15.8 Å². The first kappa shape index (κ1) is 32.8. The molecule has 0 bridgehead atoms. The number of carbonyl (C=O) groups excluding carboxylic acids is 2. The summed E-state index contributed by atoms with van der Waals surface area (Å²) in [6.07, 6.45) is -0.962. The smallest absolute Gasteiger partial charge is 0.261 e. The lowest BCUT2D eigenvalue weighted by Gasteiger charge is -2.41. The number of azide groups is 1. The van der Waals surface area contributed by atoms with E-state index in [1.54, 1.807) is 55.6 Å². The number of nitrogens with zero attached hydrogens (tertiary/aromatic N) is 4. The van der Waals surface area contributed by atoms with Gasteiger partial charge in [-0.15, -0.1) is 0 Å². The molecule has 3 aromatic rings. The molecular weight excluding hydrogens is 576 g/mol. The van der Waals surface area contributed by atoms with Crippen LogP contribution in [0.25, 0.3) is 10.4 Å². The second-order valence-corrected chi connectivity index (χ2v) is 17.0. The van der Waals surface area contributed by atoms with Crippen molar-refractivity contribution in [2.45, 2.75) is 63.7 Å². The molecule has 0 radical (unpaired) electrons. The normalized spacial score (nSPS) is 15.3. The number of hydrogen-bond acceptors (Lipinski definition) is 7. The maximum absolute atomic E-state index is 13.8. The van der Waals surface area contributed by atoms with Crippen LogP contribution in [0, 0.1) is 0 Å². The Bertz CT molecular complexity index is 1450. The molecule has 44 heavy (non-hydrogen) atoms. The second-order valence-electron chi connectivity index (χ2n) is 12.2. The zero-order chi connectivity index (χ0) is 31.9. The Morgan fingerprint density at radius 1 is 0.864 bits per heavy atom. The standard InChI is InChI=1S/C33H40N4O6Si/c1-33(2,3)44(5,6)43-22-29(37-31(38)26-14-10-11-15-27(26)32(37)39)30(42-20-23-12-8-7-9-13-23)28(35-36-34)21-41-25-18-16-24(40-4)17-19-25/h7-19,28-30H,20-22H2,1-6H3/t28-,29+,30-/m0/s1. The molecule has 232 valence electrons. The topological polar surface area (TPSA) is 123 Å². The number of carbonyl (C=O) groups is 2. The summed E-state index contributed by atoms with van der Waals surface area (Å²) in [7, 11) is -0.783. The van der Waals surface area contributed by atoms with E-state index >= 15 is 0 Å². The fraction of sp³-hybridized carbons (Fsp3) is 0.394. The predicted molar refractivity (Wildman–Crippen MR) is 170 cm³/mol. The number of fused-ring (bicyclic) bond motifs is 1. The Labute approximate surface area is 259 Å². The molecule has 2 amide bonds. The first-order chi connectivity index (χ1) is 21.0. The minimum absolute atomic E-state index is 0.00139. The lowest BCUT2D eigenvalue weighted by Crippen LogP contribution is -2.57. The van der Waals surface area contributed by atoms with Gasteiger partial charge in [0, 0.05) is 4.91 Å². The van der Waals surface area contributed by atoms with Crippen molar-refractivity contribution in [1.82, 2.24) is 4.90 Å². The third-order valence-corrected chi connectivity index (χ3v) is 12.8. The minimum Gasteiger partial charge on any atom is -0.497 e. The molecule has 11 heteroatoms. The van der Waals surface area contributed by atoms with Crippen LogP contribution in [0.3, 0.4) is 0 Å². The van der Waals surface area contributed by atoms with Gasteiger partial charge in [-0.3, -0.25) is 14.5 Å². The quantitative estimate of drug-likeness (QED) is 0.0630. The molecule has 0 aromatic heterocycles. The molecule has 3 atom stereocenters. The van der Waals surface area contributed by atoms with Gasteiger partial charge in [0.15, 0.2) is 8.32 Å². The summed E-state index contributed by atoms with van der Waals surface area (Å²) >= 11 is 0. The lowest BCUT2D eigenvalue weighted by molar-refractivity contribution is -0.0445. The van der Waals surface area contributed by atoms with E-state index < -0.39 is 38.3 Å². The molecule has 0 spiro atoms. The Morgan fingerprint density at radius 3 is 1.98 bits per heavy atom. The third-order valence-electron chi connectivity index (χ3n) is 8.30. The van der Waals surface area contributed by atoms with Crippen LogP contribution in [0.4, 0.5) is 0 Å². The van der Waals surface area contributed by atoms with Crippen LogP contribution >= 0.6 is 0 Å². The Balaban J connectivity index is 1.74. The fourth-order valence-electron chi connectivity index (χ4n) is 4.69. The van der Waals surface area contributed by atoms with Crippen molar-refractivity contribution in [3.63, 3.8) is 0 Å². The Hall–Kier alpha value is -4.15. The molecular formula is C33H40N4O6Si. The van der Waals surface area contributed by atoms with E-state index in [-0.39, 0.29) is 24.9 Å². The molecule has 0 aliphatic carbocycles. The van der Waals surface area contributed by atoms with Crippen molar-refractivity contribution in [3.05, 3.63) is 106 Å². The SMILES string of the molecule is COc1ccc(OC[C@H](N=[N+]=[N-])[C@H](OCc2ccccc2)[C@@H](CO[Si](C)(C)C(C)(C)C)N2C(=O)c3ccccc3C2=O)cc1. The number of imide groups is 1. The molecule has 0 saturated heterocycles. The summed E-state index contributed by atoms with van der Waals surface area (Å²) in [5.74, 6) is 0.305. The predicted octanol–water partition coefficient (Wildman–Crippen LogP) is 7.02. The van der Waals surface area contributed by atoms with Gasteiger partial charge in [0.05, 0.1) is 56.2 Å². The zero-order valence-electron chi connectivity index (χ0n) is 26.1. The van der Waals surface area contributed by atoms with Crippen LogP contribution in [0.15, 0.2) is 84.0 Å². The summed E-state index contributed by atoms with van der Waals surface area (Å²) in [5.41, 5.74) is 11.2. The fourth-order valence-corrected chi connectivity index (χ4v) is 5.72. The molecule has 1 heterocycles. The summed E-state index contributed by atoms with van der Waals surface area (Å²) in [6, 6.07) is 21.4. The lowest BCUT2D eigenvalue weighted by atomic mass is 10.0. The molecule has 1 aliphatic rings. The van der Waals surface area contributed by atoms with E-state index in [4.69, 9.17) is 18.6 Å². The van der Waals surface area contributed by atoms with E-state index in [2.05, 4.69) is 43.9 Å². The third kappa shape index (κ3) is 7.49. The Kier molecular flexibility index (Phi) is 10.5. The van der Waals surface area contributed by atoms with Gasteiger partial charge >= 0.3 is 0 Å². The molecule has 0 N–H and O–H groups in total. The largest absolute Gasteiger partial charge is 0.497 e. The van der Waals surface area contributed by atoms with Gasteiger partial charge in [0.2, 0.25) is 0 Å². The molecule has 3 aromatic carbocycles. The van der Waals surface area contributed by atoms with Crippen molar-refractivity contribution in [2.75, 3.05) is 20.3 Å². The molecule has 10 nitrogen and oxygen atoms in total. The van der Waals surface area contributed by atoms with E-state index in [1.165, 1.54) is 4.90 Å². The molecule has 0 saturated carbocycles. The second kappa shape index (κ2) is 14.1. The Morgan fingerprint density at radius 2 is 1.43 bits per heavy atom. The number of ether oxygens (including phenoxy) is 3. The van der Waals surface area contributed by atoms with Crippen molar-refractivity contribution in [1.29, 1.82) is 0 Å². The number of benzene rings is 3. The summed E-state index contributed by atoms with van der Waals surface area (Å²) < 4.78 is 24.4. The van der Waals surface area contributed by atoms with Gasteiger partial charge in [-0.2, -0.15) is 0 Å². The van der Waals surface area contributed by atoms with Gasteiger partial charge < -0.3 is 18.6 Å². The molecule has 0 fully saturated rings. The van der Waals surface area contributed by atoms with Crippen molar-refractivity contribution in [2.24, 2.45) is 5.11 Å².